The highest BCUT2D eigenvalue weighted by Gasteiger charge is 2.22. The second-order valence-corrected chi connectivity index (χ2v) is 5.92. The molecule has 1 aromatic carbocycles. The summed E-state index contributed by atoms with van der Waals surface area (Å²) in [6, 6.07) is 9.77. The van der Waals surface area contributed by atoms with Crippen molar-refractivity contribution < 1.29 is 4.79 Å². The van der Waals surface area contributed by atoms with Crippen LogP contribution in [0.1, 0.15) is 31.7 Å². The van der Waals surface area contributed by atoms with Crippen LogP contribution in [0.4, 0.5) is 0 Å². The van der Waals surface area contributed by atoms with Gasteiger partial charge >= 0.3 is 0 Å². The van der Waals surface area contributed by atoms with Gasteiger partial charge in [0.1, 0.15) is 0 Å². The largest absolute Gasteiger partial charge is 0.352 e. The van der Waals surface area contributed by atoms with E-state index in [4.69, 9.17) is 5.73 Å². The van der Waals surface area contributed by atoms with Crippen molar-refractivity contribution in [2.45, 2.75) is 44.7 Å². The monoisotopic (exact) mass is 361 g/mol. The molecule has 1 aliphatic rings. The number of halogens is 2. The summed E-state index contributed by atoms with van der Waals surface area (Å²) in [5.41, 5.74) is 7.13. The van der Waals surface area contributed by atoms with Crippen LogP contribution in [0.3, 0.4) is 0 Å². The summed E-state index contributed by atoms with van der Waals surface area (Å²) in [6.45, 7) is 5.52. The molecule has 4 nitrogen and oxygen atoms in total. The van der Waals surface area contributed by atoms with Gasteiger partial charge in [0.05, 0.1) is 6.04 Å². The molecule has 1 fully saturated rings. The molecule has 0 radical (unpaired) electrons. The van der Waals surface area contributed by atoms with E-state index < -0.39 is 6.04 Å². The van der Waals surface area contributed by atoms with Crippen molar-refractivity contribution in [1.29, 1.82) is 0 Å². The fourth-order valence-corrected chi connectivity index (χ4v) is 2.89. The average Bonchev–Trinajstić information content (AvgIpc) is 2.50. The average molecular weight is 362 g/mol. The Morgan fingerprint density at radius 2 is 1.87 bits per heavy atom. The number of likely N-dealkylation sites (tertiary alicyclic amines) is 1. The lowest BCUT2D eigenvalue weighted by Crippen LogP contribution is -2.50. The SMILES string of the molecule is CCCN1CCC(NC(=O)[C@@H](N)Cc2ccccc2)CC1.Cl.Cl. The van der Waals surface area contributed by atoms with Crippen LogP contribution in [0, 0.1) is 0 Å². The number of hydrogen-bond donors (Lipinski definition) is 2. The number of carbonyl (C=O) groups is 1. The maximum absolute atomic E-state index is 12.2. The Labute approximate surface area is 152 Å². The summed E-state index contributed by atoms with van der Waals surface area (Å²) < 4.78 is 0. The number of nitrogens with two attached hydrogens (primary N) is 1. The summed E-state index contributed by atoms with van der Waals surface area (Å²) in [5, 5.41) is 3.11. The van der Waals surface area contributed by atoms with Crippen molar-refractivity contribution in [1.82, 2.24) is 10.2 Å². The highest BCUT2D eigenvalue weighted by atomic mass is 35.5. The number of nitrogens with zero attached hydrogens (tertiary/aromatic N) is 1. The third kappa shape index (κ3) is 7.53. The van der Waals surface area contributed by atoms with Gasteiger partial charge in [-0.15, -0.1) is 24.8 Å². The molecular formula is C17H29Cl2N3O. The molecule has 23 heavy (non-hydrogen) atoms. The van der Waals surface area contributed by atoms with E-state index in [9.17, 15) is 4.79 Å². The molecule has 1 atom stereocenters. The maximum atomic E-state index is 12.2. The van der Waals surface area contributed by atoms with E-state index in [1.165, 1.54) is 6.42 Å². The highest BCUT2D eigenvalue weighted by molar-refractivity contribution is 5.85. The molecule has 0 aromatic heterocycles. The first-order chi connectivity index (χ1) is 10.2. The molecule has 2 rings (SSSR count). The van der Waals surface area contributed by atoms with Gasteiger partial charge in [0.25, 0.3) is 0 Å². The van der Waals surface area contributed by atoms with Crippen molar-refractivity contribution in [3.8, 4) is 0 Å². The van der Waals surface area contributed by atoms with E-state index in [0.29, 0.717) is 6.42 Å². The number of benzene rings is 1. The lowest BCUT2D eigenvalue weighted by atomic mass is 10.0. The van der Waals surface area contributed by atoms with Crippen molar-refractivity contribution in [3.05, 3.63) is 35.9 Å². The van der Waals surface area contributed by atoms with Crippen molar-refractivity contribution >= 4 is 30.7 Å². The Hall–Kier alpha value is -0.810. The molecule has 0 aliphatic carbocycles. The molecule has 0 unspecified atom stereocenters. The molecule has 0 saturated carbocycles. The van der Waals surface area contributed by atoms with Gasteiger partial charge in [-0.3, -0.25) is 4.79 Å². The van der Waals surface area contributed by atoms with Gasteiger partial charge in [-0.1, -0.05) is 37.3 Å². The quantitative estimate of drug-likeness (QED) is 0.817. The Morgan fingerprint density at radius 3 is 2.43 bits per heavy atom. The van der Waals surface area contributed by atoms with Gasteiger partial charge in [0, 0.05) is 19.1 Å². The fraction of sp³-hybridized carbons (Fsp3) is 0.588. The van der Waals surface area contributed by atoms with E-state index >= 15 is 0 Å². The molecule has 132 valence electrons. The van der Waals surface area contributed by atoms with Crippen LogP contribution in [0.2, 0.25) is 0 Å². The summed E-state index contributed by atoms with van der Waals surface area (Å²) in [4.78, 5) is 14.6. The van der Waals surface area contributed by atoms with Crippen LogP contribution in [-0.4, -0.2) is 42.5 Å². The second-order valence-electron chi connectivity index (χ2n) is 5.92. The predicted molar refractivity (Wildman–Crippen MR) is 101 cm³/mol. The van der Waals surface area contributed by atoms with Crippen LogP contribution in [0.25, 0.3) is 0 Å². The summed E-state index contributed by atoms with van der Waals surface area (Å²) in [7, 11) is 0. The van der Waals surface area contributed by atoms with E-state index in [2.05, 4.69) is 17.1 Å². The molecule has 1 aliphatic heterocycles. The van der Waals surface area contributed by atoms with Crippen LogP contribution in [0.5, 0.6) is 0 Å². The van der Waals surface area contributed by atoms with E-state index in [0.717, 1.165) is 38.0 Å². The Kier molecular flexibility index (Phi) is 11.3. The first-order valence-electron chi connectivity index (χ1n) is 8.01. The normalized spacial score (nSPS) is 16.8. The molecular weight excluding hydrogens is 333 g/mol. The molecule has 6 heteroatoms. The first-order valence-corrected chi connectivity index (χ1v) is 8.01. The van der Waals surface area contributed by atoms with Gasteiger partial charge in [-0.25, -0.2) is 0 Å². The number of rotatable bonds is 6. The summed E-state index contributed by atoms with van der Waals surface area (Å²) in [6.07, 6.45) is 3.86. The minimum atomic E-state index is -0.457. The van der Waals surface area contributed by atoms with Gasteiger partial charge in [0.2, 0.25) is 5.91 Å². The first kappa shape index (κ1) is 22.2. The fourth-order valence-electron chi connectivity index (χ4n) is 2.89. The third-order valence-electron chi connectivity index (χ3n) is 4.11. The lowest BCUT2D eigenvalue weighted by Gasteiger charge is -2.32. The van der Waals surface area contributed by atoms with Gasteiger partial charge in [-0.05, 0) is 37.8 Å². The molecule has 3 N–H and O–H groups in total. The summed E-state index contributed by atoms with van der Waals surface area (Å²) >= 11 is 0. The van der Waals surface area contributed by atoms with Crippen LogP contribution in [-0.2, 0) is 11.2 Å². The van der Waals surface area contributed by atoms with Crippen LogP contribution in [0.15, 0.2) is 30.3 Å². The van der Waals surface area contributed by atoms with E-state index in [1.54, 1.807) is 0 Å². The van der Waals surface area contributed by atoms with Gasteiger partial charge < -0.3 is 16.0 Å². The minimum absolute atomic E-state index is 0. The Bertz CT molecular complexity index is 437. The molecule has 0 bridgehead atoms. The number of piperidine rings is 1. The van der Waals surface area contributed by atoms with Crippen LogP contribution < -0.4 is 11.1 Å². The number of nitrogens with one attached hydrogen (secondary N) is 1. The molecule has 0 spiro atoms. The Morgan fingerprint density at radius 1 is 1.26 bits per heavy atom. The second kappa shape index (κ2) is 11.7. The third-order valence-corrected chi connectivity index (χ3v) is 4.11. The van der Waals surface area contributed by atoms with Crippen LogP contribution >= 0.6 is 24.8 Å². The smallest absolute Gasteiger partial charge is 0.237 e. The topological polar surface area (TPSA) is 58.4 Å². The van der Waals surface area contributed by atoms with Crippen molar-refractivity contribution in [2.24, 2.45) is 5.73 Å². The number of hydrogen-bond acceptors (Lipinski definition) is 3. The zero-order valence-corrected chi connectivity index (χ0v) is 15.4. The predicted octanol–water partition coefficient (Wildman–Crippen LogP) is 2.39. The molecule has 1 amide bonds. The zero-order valence-electron chi connectivity index (χ0n) is 13.7. The highest BCUT2D eigenvalue weighted by Crippen LogP contribution is 2.11. The van der Waals surface area contributed by atoms with Gasteiger partial charge in [-0.2, -0.15) is 0 Å². The number of carbonyl (C=O) groups excluding carboxylic acids is 1. The Balaban J connectivity index is 0.00000242. The van der Waals surface area contributed by atoms with E-state index in [-0.39, 0.29) is 36.8 Å². The number of amides is 1. The minimum Gasteiger partial charge on any atom is -0.352 e. The van der Waals surface area contributed by atoms with E-state index in [1.807, 2.05) is 30.3 Å². The molecule has 1 heterocycles. The standard InChI is InChI=1S/C17H27N3O.2ClH/c1-2-10-20-11-8-15(9-12-20)19-17(21)16(18)13-14-6-4-3-5-7-14;;/h3-7,15-16H,2,8-13,18H2,1H3,(H,19,21);2*1H/t16-;;/m0../s1. The van der Waals surface area contributed by atoms with Gasteiger partial charge in [0.15, 0.2) is 0 Å². The van der Waals surface area contributed by atoms with Crippen molar-refractivity contribution in [2.75, 3.05) is 19.6 Å². The van der Waals surface area contributed by atoms with Crippen molar-refractivity contribution in [3.63, 3.8) is 0 Å². The maximum Gasteiger partial charge on any atom is 0.237 e. The lowest BCUT2D eigenvalue weighted by molar-refractivity contribution is -0.123. The molecule has 1 saturated heterocycles. The molecule has 1 aromatic rings. The summed E-state index contributed by atoms with van der Waals surface area (Å²) in [5.74, 6) is -0.0206. The zero-order chi connectivity index (χ0) is 15.1.